The quantitative estimate of drug-likeness (QED) is 0.535. The molecule has 1 fully saturated rings. The molecule has 6 nitrogen and oxygen atoms in total. The average Bonchev–Trinajstić information content (AvgIpc) is 3.40. The van der Waals surface area contributed by atoms with Crippen LogP contribution in [0.5, 0.6) is 5.75 Å². The molecule has 32 heavy (non-hydrogen) atoms. The van der Waals surface area contributed by atoms with Crippen LogP contribution < -0.4 is 9.64 Å². The lowest BCUT2D eigenvalue weighted by molar-refractivity contribution is -0.131. The van der Waals surface area contributed by atoms with Gasteiger partial charge in [0.25, 0.3) is 5.91 Å². The van der Waals surface area contributed by atoms with Gasteiger partial charge in [0.15, 0.2) is 5.17 Å². The van der Waals surface area contributed by atoms with Crippen LogP contribution in [0.25, 0.3) is 6.08 Å². The molecule has 0 spiro atoms. The number of methoxy groups -OCH3 is 1. The van der Waals surface area contributed by atoms with Crippen LogP contribution in [0.15, 0.2) is 46.4 Å². The Labute approximate surface area is 200 Å². The largest absolute Gasteiger partial charge is 0.495 e. The molecule has 2 amide bonds. The van der Waals surface area contributed by atoms with Crippen LogP contribution >= 0.6 is 34.7 Å². The van der Waals surface area contributed by atoms with Gasteiger partial charge in [-0.15, -0.1) is 11.3 Å². The van der Waals surface area contributed by atoms with E-state index in [1.54, 1.807) is 31.4 Å². The maximum Gasteiger partial charge on any atom is 0.283 e. The van der Waals surface area contributed by atoms with Crippen molar-refractivity contribution in [1.82, 2.24) is 4.90 Å². The molecule has 3 heterocycles. The number of hydrogen-bond acceptors (Lipinski definition) is 6. The average molecular weight is 490 g/mol. The standard InChI is InChI=1S/C23H24ClN3O3S2/c1-15-6-3-4-10-26(15)21(28)14-32-23-25-19(13-17-7-5-11-31-17)22(29)27(23)16-8-9-20(30-2)18(24)12-16/h5,7-9,11-13,15H,3-4,6,10,14H2,1-2H3. The summed E-state index contributed by atoms with van der Waals surface area (Å²) in [4.78, 5) is 35.1. The molecule has 1 aromatic heterocycles. The molecule has 0 aliphatic carbocycles. The highest BCUT2D eigenvalue weighted by Gasteiger charge is 2.33. The summed E-state index contributed by atoms with van der Waals surface area (Å²) in [5, 5.41) is 2.82. The van der Waals surface area contributed by atoms with Crippen LogP contribution in [-0.2, 0) is 9.59 Å². The minimum atomic E-state index is -0.249. The second kappa shape index (κ2) is 10.1. The summed E-state index contributed by atoms with van der Waals surface area (Å²) in [6.45, 7) is 2.87. The Morgan fingerprint density at radius 1 is 1.38 bits per heavy atom. The first-order valence-corrected chi connectivity index (χ1v) is 12.7. The van der Waals surface area contributed by atoms with Crippen LogP contribution in [0.4, 0.5) is 5.69 Å². The number of piperidine rings is 1. The zero-order valence-electron chi connectivity index (χ0n) is 17.9. The molecule has 2 aliphatic rings. The number of likely N-dealkylation sites (tertiary alicyclic amines) is 1. The van der Waals surface area contributed by atoms with E-state index in [9.17, 15) is 9.59 Å². The maximum atomic E-state index is 13.3. The van der Waals surface area contributed by atoms with Gasteiger partial charge in [-0.1, -0.05) is 29.4 Å². The van der Waals surface area contributed by atoms with Crippen molar-refractivity contribution in [3.05, 3.63) is 51.3 Å². The molecule has 0 bridgehead atoms. The number of hydrogen-bond donors (Lipinski definition) is 0. The van der Waals surface area contributed by atoms with Gasteiger partial charge in [0, 0.05) is 17.5 Å². The molecule has 2 aromatic rings. The van der Waals surface area contributed by atoms with E-state index in [1.165, 1.54) is 28.0 Å². The summed E-state index contributed by atoms with van der Waals surface area (Å²) in [6, 6.07) is 9.26. The summed E-state index contributed by atoms with van der Waals surface area (Å²) in [5.74, 6) is 0.571. The third-order valence-electron chi connectivity index (χ3n) is 5.49. The lowest BCUT2D eigenvalue weighted by atomic mass is 10.0. The molecule has 1 atom stereocenters. The Morgan fingerprint density at radius 3 is 2.91 bits per heavy atom. The summed E-state index contributed by atoms with van der Waals surface area (Å²) < 4.78 is 5.23. The predicted molar refractivity (Wildman–Crippen MR) is 133 cm³/mol. The van der Waals surface area contributed by atoms with E-state index >= 15 is 0 Å². The summed E-state index contributed by atoms with van der Waals surface area (Å²) in [7, 11) is 1.54. The number of amides is 2. The highest BCUT2D eigenvalue weighted by Crippen LogP contribution is 2.34. The molecule has 0 N–H and O–H groups in total. The number of nitrogens with zero attached hydrogens (tertiary/aromatic N) is 3. The number of benzene rings is 1. The van der Waals surface area contributed by atoms with E-state index in [-0.39, 0.29) is 23.6 Å². The van der Waals surface area contributed by atoms with Gasteiger partial charge < -0.3 is 9.64 Å². The molecule has 0 saturated carbocycles. The molecular weight excluding hydrogens is 466 g/mol. The third-order valence-corrected chi connectivity index (χ3v) is 7.53. The lowest BCUT2D eigenvalue weighted by Gasteiger charge is -2.33. The van der Waals surface area contributed by atoms with Gasteiger partial charge in [0.2, 0.25) is 5.91 Å². The molecular formula is C23H24ClN3O3S2. The van der Waals surface area contributed by atoms with Crippen molar-refractivity contribution in [2.24, 2.45) is 4.99 Å². The fourth-order valence-corrected chi connectivity index (χ4v) is 5.60. The molecule has 4 rings (SSSR count). The summed E-state index contributed by atoms with van der Waals surface area (Å²) in [6.07, 6.45) is 4.99. The fraction of sp³-hybridized carbons (Fsp3) is 0.348. The Balaban J connectivity index is 1.60. The normalized spacial score (nSPS) is 20.1. The molecule has 0 radical (unpaired) electrons. The smallest absolute Gasteiger partial charge is 0.283 e. The summed E-state index contributed by atoms with van der Waals surface area (Å²) in [5.41, 5.74) is 0.918. The van der Waals surface area contributed by atoms with Crippen molar-refractivity contribution in [2.45, 2.75) is 32.2 Å². The van der Waals surface area contributed by atoms with Gasteiger partial charge >= 0.3 is 0 Å². The van der Waals surface area contributed by atoms with E-state index in [2.05, 4.69) is 11.9 Å². The van der Waals surface area contributed by atoms with Gasteiger partial charge in [0.05, 0.1) is 23.6 Å². The van der Waals surface area contributed by atoms with Crippen molar-refractivity contribution < 1.29 is 14.3 Å². The SMILES string of the molecule is COc1ccc(N2C(=O)C(=Cc3cccs3)N=C2SCC(=O)N2CCCCC2C)cc1Cl. The molecule has 1 unspecified atom stereocenters. The number of aliphatic imine (C=N–C) groups is 1. The number of amidine groups is 1. The molecule has 1 aromatic carbocycles. The van der Waals surface area contributed by atoms with Crippen LogP contribution in [-0.4, -0.2) is 47.3 Å². The minimum Gasteiger partial charge on any atom is -0.495 e. The van der Waals surface area contributed by atoms with Crippen molar-refractivity contribution in [3.63, 3.8) is 0 Å². The van der Waals surface area contributed by atoms with Crippen LogP contribution in [0.3, 0.4) is 0 Å². The Kier molecular flexibility index (Phi) is 7.23. The van der Waals surface area contributed by atoms with Crippen LogP contribution in [0, 0.1) is 0 Å². The van der Waals surface area contributed by atoms with E-state index in [1.807, 2.05) is 22.4 Å². The number of carbonyl (C=O) groups excluding carboxylic acids is 2. The Morgan fingerprint density at radius 2 is 2.22 bits per heavy atom. The Bertz CT molecular complexity index is 1070. The number of halogens is 1. The molecule has 9 heteroatoms. The second-order valence-corrected chi connectivity index (χ2v) is 9.95. The predicted octanol–water partition coefficient (Wildman–Crippen LogP) is 5.29. The lowest BCUT2D eigenvalue weighted by Crippen LogP contribution is -2.43. The zero-order valence-corrected chi connectivity index (χ0v) is 20.3. The topological polar surface area (TPSA) is 62.2 Å². The van der Waals surface area contributed by atoms with Crippen LogP contribution in [0.2, 0.25) is 5.02 Å². The van der Waals surface area contributed by atoms with Crippen molar-refractivity contribution >= 4 is 63.4 Å². The maximum absolute atomic E-state index is 13.3. The summed E-state index contributed by atoms with van der Waals surface area (Å²) >= 11 is 9.13. The minimum absolute atomic E-state index is 0.0701. The van der Waals surface area contributed by atoms with Gasteiger partial charge in [-0.3, -0.25) is 14.5 Å². The number of rotatable bonds is 5. The van der Waals surface area contributed by atoms with Crippen molar-refractivity contribution in [1.29, 1.82) is 0 Å². The monoisotopic (exact) mass is 489 g/mol. The number of ether oxygens (including phenoxy) is 1. The highest BCUT2D eigenvalue weighted by molar-refractivity contribution is 8.14. The van der Waals surface area contributed by atoms with Gasteiger partial charge in [-0.05, 0) is 61.9 Å². The highest BCUT2D eigenvalue weighted by atomic mass is 35.5. The second-order valence-electron chi connectivity index (χ2n) is 7.62. The first-order valence-electron chi connectivity index (χ1n) is 10.4. The van der Waals surface area contributed by atoms with E-state index in [0.717, 1.165) is 30.7 Å². The number of thioether (sulfide) groups is 1. The Hall–Kier alpha value is -2.29. The molecule has 168 valence electrons. The van der Waals surface area contributed by atoms with E-state index < -0.39 is 0 Å². The fourth-order valence-electron chi connectivity index (χ4n) is 3.80. The van der Waals surface area contributed by atoms with Crippen molar-refractivity contribution in [2.75, 3.05) is 24.3 Å². The van der Waals surface area contributed by atoms with E-state index in [0.29, 0.717) is 27.3 Å². The number of thiophene rings is 1. The van der Waals surface area contributed by atoms with Crippen LogP contribution in [0.1, 0.15) is 31.1 Å². The number of anilines is 1. The molecule has 2 aliphatic heterocycles. The van der Waals surface area contributed by atoms with Gasteiger partial charge in [-0.25, -0.2) is 4.99 Å². The van der Waals surface area contributed by atoms with E-state index in [4.69, 9.17) is 16.3 Å². The first-order chi connectivity index (χ1) is 15.5. The van der Waals surface area contributed by atoms with Crippen molar-refractivity contribution in [3.8, 4) is 5.75 Å². The number of carbonyl (C=O) groups is 2. The first kappa shape index (κ1) is 22.9. The van der Waals surface area contributed by atoms with Gasteiger partial charge in [0.1, 0.15) is 11.4 Å². The molecule has 1 saturated heterocycles. The van der Waals surface area contributed by atoms with Gasteiger partial charge in [-0.2, -0.15) is 0 Å². The zero-order chi connectivity index (χ0) is 22.7. The third kappa shape index (κ3) is 4.87.